The Hall–Kier alpha value is -3.18. The Kier molecular flexibility index (Phi) is 17.8. The van der Waals surface area contributed by atoms with Crippen molar-refractivity contribution in [2.24, 2.45) is 11.8 Å². The van der Waals surface area contributed by atoms with Gasteiger partial charge in [-0.2, -0.15) is 92.2 Å². The van der Waals surface area contributed by atoms with E-state index in [0.29, 0.717) is 6.92 Å². The summed E-state index contributed by atoms with van der Waals surface area (Å²) in [4.78, 5) is 37.1. The first kappa shape index (κ1) is 51.8. The quantitative estimate of drug-likeness (QED) is 0.0475. The van der Waals surface area contributed by atoms with Crippen LogP contribution in [0, 0.1) is 11.8 Å². The molecular weight excluding hydrogens is 843 g/mol. The minimum Gasteiger partial charge on any atom is -0.463 e. The number of hydrogen-bond donors (Lipinski definition) is 0. The molecule has 0 saturated carbocycles. The van der Waals surface area contributed by atoms with Crippen LogP contribution in [0.5, 0.6) is 0 Å². The maximum absolute atomic E-state index is 13.3. The third-order valence-electron chi connectivity index (χ3n) is 6.40. The molecule has 0 N–H and O–H groups in total. The van der Waals surface area contributed by atoms with Crippen LogP contribution in [0.25, 0.3) is 0 Å². The van der Waals surface area contributed by atoms with Gasteiger partial charge in [-0.15, -0.1) is 0 Å². The summed E-state index contributed by atoms with van der Waals surface area (Å²) in [6.45, 7) is -14.8. The minimum absolute atomic E-state index is 0.697. The van der Waals surface area contributed by atoms with Crippen LogP contribution in [0.4, 0.5) is 92.2 Å². The lowest BCUT2D eigenvalue weighted by Gasteiger charge is -2.28. The highest BCUT2D eigenvalue weighted by Gasteiger charge is 2.74. The van der Waals surface area contributed by atoms with E-state index in [0.717, 1.165) is 0 Å². The molecule has 0 aliphatic carbocycles. The van der Waals surface area contributed by atoms with E-state index in [1.165, 1.54) is 0 Å². The van der Waals surface area contributed by atoms with Crippen LogP contribution >= 0.6 is 0 Å². The van der Waals surface area contributed by atoms with E-state index >= 15 is 0 Å². The summed E-state index contributed by atoms with van der Waals surface area (Å²) in [5.74, 6) is -46.6. The highest BCUT2D eigenvalue weighted by atomic mass is 19.4. The van der Waals surface area contributed by atoms with Crippen LogP contribution in [0.3, 0.4) is 0 Å². The SMILES string of the molecule is CC(C(=O)OCCOCC(F)(F)C(F)(F)C(F)(F)F)C(CC(=O)OCCOCC(F)(F)C(F)(F)C(F)(F)F)C(=O)OCCOCC(F)(F)C(F)(F)C(F)(F)F. The maximum Gasteiger partial charge on any atom is 0.459 e. The first-order valence-corrected chi connectivity index (χ1v) is 14.1. The summed E-state index contributed by atoms with van der Waals surface area (Å²) in [5.41, 5.74) is 0. The molecule has 55 heavy (non-hydrogen) atoms. The molecule has 0 aliphatic rings. The fourth-order valence-corrected chi connectivity index (χ4v) is 3.22. The molecule has 9 nitrogen and oxygen atoms in total. The Bertz CT molecular complexity index is 1250. The van der Waals surface area contributed by atoms with Crippen molar-refractivity contribution in [3.05, 3.63) is 0 Å². The van der Waals surface area contributed by atoms with Crippen molar-refractivity contribution in [1.29, 1.82) is 0 Å². The first-order chi connectivity index (χ1) is 24.4. The molecule has 0 spiro atoms. The summed E-state index contributed by atoms with van der Waals surface area (Å²) in [5, 5.41) is 0. The molecule has 2 unspecified atom stereocenters. The number of carbonyl (C=O) groups is 3. The molecule has 0 aromatic rings. The van der Waals surface area contributed by atoms with E-state index in [1.807, 2.05) is 0 Å². The van der Waals surface area contributed by atoms with Crippen molar-refractivity contribution < 1.29 is 135 Å². The highest BCUT2D eigenvalue weighted by molar-refractivity contribution is 5.85. The van der Waals surface area contributed by atoms with Gasteiger partial charge >= 0.3 is 72.0 Å². The van der Waals surface area contributed by atoms with E-state index < -0.39 is 150 Å². The average Bonchev–Trinajstić information content (AvgIpc) is 3.00. The number of hydrogen-bond acceptors (Lipinski definition) is 9. The molecule has 0 fully saturated rings. The number of rotatable bonds is 23. The van der Waals surface area contributed by atoms with Gasteiger partial charge in [0, 0.05) is 0 Å². The molecule has 0 rings (SSSR count). The maximum atomic E-state index is 13.3. The van der Waals surface area contributed by atoms with E-state index in [-0.39, 0.29) is 0 Å². The van der Waals surface area contributed by atoms with E-state index in [1.54, 1.807) is 0 Å². The Morgan fingerprint density at radius 2 is 0.691 bits per heavy atom. The largest absolute Gasteiger partial charge is 0.463 e. The highest BCUT2D eigenvalue weighted by Crippen LogP contribution is 2.48. The van der Waals surface area contributed by atoms with Gasteiger partial charge in [-0.05, 0) is 0 Å². The Morgan fingerprint density at radius 1 is 0.418 bits per heavy atom. The van der Waals surface area contributed by atoms with Crippen molar-refractivity contribution in [2.75, 3.05) is 59.5 Å². The van der Waals surface area contributed by atoms with Crippen molar-refractivity contribution in [2.45, 2.75) is 67.4 Å². The van der Waals surface area contributed by atoms with Crippen molar-refractivity contribution in [3.63, 3.8) is 0 Å². The molecule has 326 valence electrons. The smallest absolute Gasteiger partial charge is 0.459 e. The van der Waals surface area contributed by atoms with Gasteiger partial charge in [-0.3, -0.25) is 14.4 Å². The van der Waals surface area contributed by atoms with Crippen LogP contribution < -0.4 is 0 Å². The standard InChI is InChI=1S/C25H25F21O9/c1-12(15(48)54-6-3-51-10-18(28,29)21(34,35)24(41,42)43)13(16(49)55-7-4-52-11-19(30,31)22(36,37)25(44,45)46)8-14(47)53-5-2-50-9-17(26,27)20(32,33)23(38,39)40/h12-13H,2-11H2,1H3. The van der Waals surface area contributed by atoms with Crippen molar-refractivity contribution >= 4 is 17.9 Å². The normalized spacial score (nSPS) is 15.4. The summed E-state index contributed by atoms with van der Waals surface area (Å²) < 4.78 is 292. The zero-order valence-electron chi connectivity index (χ0n) is 26.8. The predicted octanol–water partition coefficient (Wildman–Crippen LogP) is 6.81. The third-order valence-corrected chi connectivity index (χ3v) is 6.40. The number of carbonyl (C=O) groups excluding carboxylic acids is 3. The second-order valence-corrected chi connectivity index (χ2v) is 10.6. The molecule has 0 aromatic heterocycles. The Balaban J connectivity index is 5.49. The molecule has 0 radical (unpaired) electrons. The molecule has 30 heteroatoms. The van der Waals surface area contributed by atoms with E-state index in [9.17, 15) is 107 Å². The van der Waals surface area contributed by atoms with Crippen LogP contribution in [0.1, 0.15) is 13.3 Å². The van der Waals surface area contributed by atoms with Crippen LogP contribution in [0.2, 0.25) is 0 Å². The third kappa shape index (κ3) is 13.8. The van der Waals surface area contributed by atoms with E-state index in [2.05, 4.69) is 28.4 Å². The fraction of sp³-hybridized carbons (Fsp3) is 0.880. The van der Waals surface area contributed by atoms with Crippen LogP contribution in [-0.2, 0) is 42.8 Å². The van der Waals surface area contributed by atoms with Gasteiger partial charge in [0.15, 0.2) is 0 Å². The van der Waals surface area contributed by atoms with Gasteiger partial charge in [0.25, 0.3) is 0 Å². The lowest BCUT2D eigenvalue weighted by atomic mass is 9.91. The van der Waals surface area contributed by atoms with Gasteiger partial charge in [-0.1, -0.05) is 6.92 Å². The topological polar surface area (TPSA) is 107 Å². The lowest BCUT2D eigenvalue weighted by molar-refractivity contribution is -0.361. The average molecular weight is 868 g/mol. The Labute approximate surface area is 292 Å². The fourth-order valence-electron chi connectivity index (χ4n) is 3.22. The molecular formula is C25H25F21O9. The van der Waals surface area contributed by atoms with Crippen molar-refractivity contribution in [3.8, 4) is 0 Å². The molecule has 0 aromatic carbocycles. The number of ether oxygens (including phenoxy) is 6. The van der Waals surface area contributed by atoms with Crippen LogP contribution in [-0.4, -0.2) is 131 Å². The number of alkyl halides is 21. The predicted molar refractivity (Wildman–Crippen MR) is 130 cm³/mol. The van der Waals surface area contributed by atoms with Crippen LogP contribution in [0.15, 0.2) is 0 Å². The second kappa shape index (κ2) is 18.8. The molecule has 0 amide bonds. The summed E-state index contributed by atoms with van der Waals surface area (Å²) >= 11 is 0. The van der Waals surface area contributed by atoms with Gasteiger partial charge in [-0.25, -0.2) is 0 Å². The first-order valence-electron chi connectivity index (χ1n) is 14.1. The zero-order chi connectivity index (χ0) is 43.7. The van der Waals surface area contributed by atoms with Gasteiger partial charge in [0.05, 0.1) is 38.1 Å². The summed E-state index contributed by atoms with van der Waals surface area (Å²) in [6, 6.07) is 0. The minimum atomic E-state index is -6.74. The van der Waals surface area contributed by atoms with Gasteiger partial charge in [0.1, 0.15) is 39.6 Å². The molecule has 0 heterocycles. The lowest BCUT2D eigenvalue weighted by Crippen LogP contribution is -2.54. The second-order valence-electron chi connectivity index (χ2n) is 10.6. The number of halogens is 21. The monoisotopic (exact) mass is 868 g/mol. The van der Waals surface area contributed by atoms with Crippen molar-refractivity contribution in [1.82, 2.24) is 0 Å². The van der Waals surface area contributed by atoms with Gasteiger partial charge < -0.3 is 28.4 Å². The number of esters is 3. The van der Waals surface area contributed by atoms with Gasteiger partial charge in [0.2, 0.25) is 0 Å². The summed E-state index contributed by atoms with van der Waals surface area (Å²) in [7, 11) is 0. The Morgan fingerprint density at radius 3 is 0.982 bits per heavy atom. The molecule has 2 atom stereocenters. The molecule has 0 saturated heterocycles. The molecule has 0 aliphatic heterocycles. The van der Waals surface area contributed by atoms with E-state index in [4.69, 9.17) is 0 Å². The molecule has 0 bridgehead atoms. The summed E-state index contributed by atoms with van der Waals surface area (Å²) in [6.07, 6.45) is -21.6. The zero-order valence-corrected chi connectivity index (χ0v) is 26.8.